The Bertz CT molecular complexity index is 1090. The number of benzene rings is 2. The number of hydrogen-bond acceptors (Lipinski definition) is 6. The van der Waals surface area contributed by atoms with Crippen molar-refractivity contribution in [1.82, 2.24) is 19.4 Å². The standard InChI is InChI=1S/C27H34N4O4/c1-22-6-8-25(9-7-22)35-20-27(33)18-30(12-13-31(19-27)23(2)32)17-24-4-3-5-26(16-24)34-15-14-29-11-10-28-21-29/h3-11,16,21,33H,12-15,17-20H2,1-2H3/t27-/m1/s1. The summed E-state index contributed by atoms with van der Waals surface area (Å²) in [4.78, 5) is 20.1. The number of carbonyl (C=O) groups excluding carboxylic acids is 1. The minimum atomic E-state index is -1.19. The number of aromatic nitrogens is 2. The van der Waals surface area contributed by atoms with Crippen LogP contribution in [0.4, 0.5) is 0 Å². The van der Waals surface area contributed by atoms with E-state index in [4.69, 9.17) is 9.47 Å². The quantitative estimate of drug-likeness (QED) is 0.510. The Kier molecular flexibility index (Phi) is 8.05. The van der Waals surface area contributed by atoms with E-state index >= 15 is 0 Å². The molecule has 1 aliphatic rings. The van der Waals surface area contributed by atoms with Crippen molar-refractivity contribution in [1.29, 1.82) is 0 Å². The van der Waals surface area contributed by atoms with Crippen molar-refractivity contribution in [2.75, 3.05) is 39.4 Å². The maximum absolute atomic E-state index is 12.2. The molecule has 0 radical (unpaired) electrons. The Morgan fingerprint density at radius 3 is 2.66 bits per heavy atom. The molecule has 0 aliphatic carbocycles. The lowest BCUT2D eigenvalue weighted by Crippen LogP contribution is -2.51. The second-order valence-corrected chi connectivity index (χ2v) is 9.27. The van der Waals surface area contributed by atoms with Crippen LogP contribution in [0.2, 0.25) is 0 Å². The lowest BCUT2D eigenvalue weighted by molar-refractivity contribution is -0.132. The van der Waals surface area contributed by atoms with Crippen LogP contribution in [0.3, 0.4) is 0 Å². The van der Waals surface area contributed by atoms with Crippen molar-refractivity contribution in [3.8, 4) is 11.5 Å². The van der Waals surface area contributed by atoms with E-state index in [0.29, 0.717) is 38.5 Å². The number of ether oxygens (including phenoxy) is 2. The number of hydrogen-bond donors (Lipinski definition) is 1. The Morgan fingerprint density at radius 1 is 1.09 bits per heavy atom. The van der Waals surface area contributed by atoms with Gasteiger partial charge in [-0.2, -0.15) is 0 Å². The van der Waals surface area contributed by atoms with E-state index in [-0.39, 0.29) is 19.1 Å². The van der Waals surface area contributed by atoms with Gasteiger partial charge in [-0.1, -0.05) is 29.8 Å². The van der Waals surface area contributed by atoms with Crippen molar-refractivity contribution in [2.45, 2.75) is 32.5 Å². The summed E-state index contributed by atoms with van der Waals surface area (Å²) in [6.07, 6.45) is 5.43. The number of aliphatic hydroxyl groups is 1. The van der Waals surface area contributed by atoms with Gasteiger partial charge in [0.1, 0.15) is 30.3 Å². The lowest BCUT2D eigenvalue weighted by atomic mass is 10.0. The van der Waals surface area contributed by atoms with Crippen LogP contribution in [0.25, 0.3) is 0 Å². The van der Waals surface area contributed by atoms with E-state index in [2.05, 4.69) is 16.0 Å². The van der Waals surface area contributed by atoms with Crippen LogP contribution in [-0.2, 0) is 17.9 Å². The highest BCUT2D eigenvalue weighted by Gasteiger charge is 2.36. The monoisotopic (exact) mass is 478 g/mol. The zero-order valence-corrected chi connectivity index (χ0v) is 20.5. The first kappa shape index (κ1) is 24.8. The number of amides is 1. The second-order valence-electron chi connectivity index (χ2n) is 9.27. The Balaban J connectivity index is 1.39. The summed E-state index contributed by atoms with van der Waals surface area (Å²) in [6, 6.07) is 15.8. The average Bonchev–Trinajstić information content (AvgIpc) is 3.29. The Labute approximate surface area is 206 Å². The molecule has 2 heterocycles. The molecule has 1 amide bonds. The topological polar surface area (TPSA) is 80.1 Å². The molecule has 0 spiro atoms. The van der Waals surface area contributed by atoms with Crippen LogP contribution < -0.4 is 9.47 Å². The molecule has 2 aromatic carbocycles. The summed E-state index contributed by atoms with van der Waals surface area (Å²) in [7, 11) is 0. The second kappa shape index (κ2) is 11.4. The van der Waals surface area contributed by atoms with Crippen molar-refractivity contribution >= 4 is 5.91 Å². The van der Waals surface area contributed by atoms with Crippen LogP contribution in [0.1, 0.15) is 18.1 Å². The summed E-state index contributed by atoms with van der Waals surface area (Å²) < 4.78 is 13.8. The summed E-state index contributed by atoms with van der Waals surface area (Å²) in [5.74, 6) is 1.46. The molecule has 186 valence electrons. The number of β-amino-alcohol motifs (C(OH)–C–C–N with tert-alkyl or cyclic N) is 1. The van der Waals surface area contributed by atoms with Gasteiger partial charge in [0.2, 0.25) is 5.91 Å². The third-order valence-electron chi connectivity index (χ3n) is 6.15. The van der Waals surface area contributed by atoms with Gasteiger partial charge in [-0.05, 0) is 36.8 Å². The van der Waals surface area contributed by atoms with Gasteiger partial charge in [0, 0.05) is 45.5 Å². The molecule has 0 saturated carbocycles. The molecule has 1 saturated heterocycles. The Morgan fingerprint density at radius 2 is 1.91 bits per heavy atom. The fourth-order valence-electron chi connectivity index (χ4n) is 4.27. The third kappa shape index (κ3) is 7.31. The van der Waals surface area contributed by atoms with Crippen LogP contribution >= 0.6 is 0 Å². The van der Waals surface area contributed by atoms with Gasteiger partial charge in [0.05, 0.1) is 19.4 Å². The lowest BCUT2D eigenvalue weighted by Gasteiger charge is -2.32. The molecular formula is C27H34N4O4. The van der Waals surface area contributed by atoms with E-state index in [0.717, 1.165) is 23.4 Å². The first-order valence-electron chi connectivity index (χ1n) is 12.0. The first-order chi connectivity index (χ1) is 16.9. The highest BCUT2D eigenvalue weighted by molar-refractivity contribution is 5.73. The van der Waals surface area contributed by atoms with E-state index in [1.54, 1.807) is 24.3 Å². The van der Waals surface area contributed by atoms with Gasteiger partial charge in [0.25, 0.3) is 0 Å². The number of carbonyl (C=O) groups is 1. The average molecular weight is 479 g/mol. The first-order valence-corrected chi connectivity index (χ1v) is 12.0. The van der Waals surface area contributed by atoms with Gasteiger partial charge in [-0.15, -0.1) is 0 Å². The summed E-state index contributed by atoms with van der Waals surface area (Å²) >= 11 is 0. The summed E-state index contributed by atoms with van der Waals surface area (Å²) in [5.41, 5.74) is 1.04. The summed E-state index contributed by atoms with van der Waals surface area (Å²) in [6.45, 7) is 7.44. The molecule has 8 heteroatoms. The normalized spacial score (nSPS) is 18.8. The molecule has 1 aliphatic heterocycles. The molecule has 1 atom stereocenters. The molecule has 0 unspecified atom stereocenters. The van der Waals surface area contributed by atoms with Crippen molar-refractivity contribution < 1.29 is 19.4 Å². The molecule has 35 heavy (non-hydrogen) atoms. The Hall–Kier alpha value is -3.36. The maximum atomic E-state index is 12.2. The van der Waals surface area contributed by atoms with Crippen LogP contribution in [0.15, 0.2) is 67.3 Å². The van der Waals surface area contributed by atoms with Crippen molar-refractivity contribution in [2.24, 2.45) is 0 Å². The number of nitrogens with zero attached hydrogens (tertiary/aromatic N) is 4. The largest absolute Gasteiger partial charge is 0.492 e. The summed E-state index contributed by atoms with van der Waals surface area (Å²) in [5, 5.41) is 11.5. The van der Waals surface area contributed by atoms with Gasteiger partial charge in [-0.25, -0.2) is 4.98 Å². The van der Waals surface area contributed by atoms with Gasteiger partial charge < -0.3 is 24.0 Å². The highest BCUT2D eigenvalue weighted by Crippen LogP contribution is 2.21. The highest BCUT2D eigenvalue weighted by atomic mass is 16.5. The molecular weight excluding hydrogens is 444 g/mol. The van der Waals surface area contributed by atoms with Crippen LogP contribution in [0, 0.1) is 6.92 Å². The van der Waals surface area contributed by atoms with Crippen molar-refractivity contribution in [3.05, 3.63) is 78.4 Å². The maximum Gasteiger partial charge on any atom is 0.219 e. The predicted molar refractivity (Wildman–Crippen MR) is 133 cm³/mol. The SMILES string of the molecule is CC(=O)N1CCN(Cc2cccc(OCCn3ccnc3)c2)C[C@](O)(COc2ccc(C)cc2)C1. The van der Waals surface area contributed by atoms with E-state index in [1.165, 1.54) is 0 Å². The number of imidazole rings is 1. The molecule has 8 nitrogen and oxygen atoms in total. The molecule has 0 bridgehead atoms. The minimum Gasteiger partial charge on any atom is -0.492 e. The van der Waals surface area contributed by atoms with Gasteiger partial charge >= 0.3 is 0 Å². The van der Waals surface area contributed by atoms with Crippen LogP contribution in [-0.4, -0.2) is 75.4 Å². The fourth-order valence-corrected chi connectivity index (χ4v) is 4.27. The van der Waals surface area contributed by atoms with Crippen molar-refractivity contribution in [3.63, 3.8) is 0 Å². The molecule has 3 aromatic rings. The minimum absolute atomic E-state index is 0.0473. The predicted octanol–water partition coefficient (Wildman–Crippen LogP) is 2.74. The molecule has 1 fully saturated rings. The van der Waals surface area contributed by atoms with E-state index in [1.807, 2.05) is 60.2 Å². The number of aryl methyl sites for hydroxylation is 1. The van der Waals surface area contributed by atoms with Gasteiger partial charge in [-0.3, -0.25) is 9.69 Å². The van der Waals surface area contributed by atoms with Crippen LogP contribution in [0.5, 0.6) is 11.5 Å². The molecule has 1 N–H and O–H groups in total. The zero-order valence-electron chi connectivity index (χ0n) is 20.5. The fraction of sp³-hybridized carbons (Fsp3) is 0.407. The smallest absolute Gasteiger partial charge is 0.219 e. The third-order valence-corrected chi connectivity index (χ3v) is 6.15. The number of rotatable bonds is 9. The molecule has 1 aromatic heterocycles. The van der Waals surface area contributed by atoms with E-state index in [9.17, 15) is 9.90 Å². The zero-order chi connectivity index (χ0) is 24.7. The molecule has 4 rings (SSSR count). The van der Waals surface area contributed by atoms with Gasteiger partial charge in [0.15, 0.2) is 0 Å². The van der Waals surface area contributed by atoms with E-state index < -0.39 is 5.60 Å².